The van der Waals surface area contributed by atoms with Crippen molar-refractivity contribution in [3.63, 3.8) is 0 Å². The van der Waals surface area contributed by atoms with Crippen LogP contribution in [-0.2, 0) is 20.8 Å². The molecule has 1 saturated carbocycles. The van der Waals surface area contributed by atoms with Crippen molar-refractivity contribution >= 4 is 5.91 Å². The third-order valence-corrected chi connectivity index (χ3v) is 5.43. The van der Waals surface area contributed by atoms with E-state index in [1.165, 1.54) is 19.3 Å². The average molecular weight is 336 g/mol. The Morgan fingerprint density at radius 1 is 1.42 bits per heavy atom. The van der Waals surface area contributed by atoms with Crippen LogP contribution in [0.25, 0.3) is 0 Å². The summed E-state index contributed by atoms with van der Waals surface area (Å²) >= 11 is 0. The van der Waals surface area contributed by atoms with Crippen molar-refractivity contribution in [2.75, 3.05) is 40.0 Å². The number of hydrogen-bond donors (Lipinski definition) is 0. The van der Waals surface area contributed by atoms with Crippen molar-refractivity contribution in [2.24, 2.45) is 5.41 Å². The number of hydrogen-bond acceptors (Lipinski definition) is 5. The number of aromatic nitrogens is 3. The maximum absolute atomic E-state index is 12.5. The van der Waals surface area contributed by atoms with E-state index in [1.54, 1.807) is 7.11 Å². The van der Waals surface area contributed by atoms with E-state index in [0.717, 1.165) is 31.9 Å². The highest BCUT2D eigenvalue weighted by molar-refractivity contribution is 5.78. The Kier molecular flexibility index (Phi) is 5.50. The molecule has 1 aliphatic carbocycles. The molecule has 2 fully saturated rings. The van der Waals surface area contributed by atoms with Crippen LogP contribution in [0.5, 0.6) is 0 Å². The lowest BCUT2D eigenvalue weighted by atomic mass is 9.62. The number of ether oxygens (including phenoxy) is 2. The molecule has 1 spiro atoms. The second-order valence-corrected chi connectivity index (χ2v) is 6.97. The van der Waals surface area contributed by atoms with E-state index in [-0.39, 0.29) is 17.9 Å². The maximum atomic E-state index is 12.5. The summed E-state index contributed by atoms with van der Waals surface area (Å²) in [6.45, 7) is 5.75. The summed E-state index contributed by atoms with van der Waals surface area (Å²) in [5, 5.41) is 8.52. The van der Waals surface area contributed by atoms with Crippen molar-refractivity contribution in [1.82, 2.24) is 19.7 Å². The first kappa shape index (κ1) is 17.4. The van der Waals surface area contributed by atoms with E-state index in [1.807, 2.05) is 11.2 Å². The summed E-state index contributed by atoms with van der Waals surface area (Å²) in [5.74, 6) is 1.41. The Morgan fingerprint density at radius 3 is 2.92 bits per heavy atom. The zero-order valence-corrected chi connectivity index (χ0v) is 14.7. The van der Waals surface area contributed by atoms with E-state index < -0.39 is 0 Å². The Balaban J connectivity index is 1.67. The van der Waals surface area contributed by atoms with Gasteiger partial charge in [-0.15, -0.1) is 10.2 Å². The van der Waals surface area contributed by atoms with Gasteiger partial charge in [-0.3, -0.25) is 4.79 Å². The highest BCUT2D eigenvalue weighted by Gasteiger charge is 2.53. The second kappa shape index (κ2) is 7.61. The molecule has 3 rings (SSSR count). The van der Waals surface area contributed by atoms with E-state index in [0.29, 0.717) is 19.1 Å². The fraction of sp³-hybridized carbons (Fsp3) is 0.824. The standard InChI is InChI=1S/C17H28N4O3/c1-3-7-20-13-18-19-16(20)14-10-21(12-17(14)5-4-6-17)15(22)11-24-9-8-23-2/h13-14H,3-12H2,1-2H3. The smallest absolute Gasteiger partial charge is 0.248 e. The molecule has 0 aromatic carbocycles. The first-order valence-corrected chi connectivity index (χ1v) is 8.92. The first-order valence-electron chi connectivity index (χ1n) is 8.92. The van der Waals surface area contributed by atoms with E-state index >= 15 is 0 Å². The minimum atomic E-state index is 0.0708. The van der Waals surface area contributed by atoms with Crippen LogP contribution in [0.3, 0.4) is 0 Å². The SMILES string of the molecule is CCCn1cnnc1C1CN(C(=O)COCCOC)CC12CCC2. The van der Waals surface area contributed by atoms with Crippen LogP contribution in [0.1, 0.15) is 44.3 Å². The molecular formula is C17H28N4O3. The number of aryl methyl sites for hydroxylation is 1. The monoisotopic (exact) mass is 336 g/mol. The Labute approximate surface area is 143 Å². The van der Waals surface area contributed by atoms with Crippen molar-refractivity contribution in [3.8, 4) is 0 Å². The van der Waals surface area contributed by atoms with Crippen LogP contribution in [0.15, 0.2) is 6.33 Å². The zero-order chi connectivity index (χ0) is 17.0. The molecule has 1 saturated heterocycles. The molecule has 24 heavy (non-hydrogen) atoms. The van der Waals surface area contributed by atoms with Gasteiger partial charge in [-0.1, -0.05) is 13.3 Å². The number of likely N-dealkylation sites (tertiary alicyclic amines) is 1. The number of nitrogens with zero attached hydrogens (tertiary/aromatic N) is 4. The Morgan fingerprint density at radius 2 is 2.25 bits per heavy atom. The molecule has 0 N–H and O–H groups in total. The van der Waals surface area contributed by atoms with Gasteiger partial charge in [-0.05, 0) is 24.7 Å². The van der Waals surface area contributed by atoms with E-state index in [4.69, 9.17) is 9.47 Å². The molecule has 7 heteroatoms. The number of carbonyl (C=O) groups excluding carboxylic acids is 1. The van der Waals surface area contributed by atoms with E-state index in [9.17, 15) is 4.79 Å². The lowest BCUT2D eigenvalue weighted by Gasteiger charge is -2.42. The number of rotatable bonds is 8. The molecule has 1 amide bonds. The first-order chi connectivity index (χ1) is 11.7. The number of methoxy groups -OCH3 is 1. The summed E-state index contributed by atoms with van der Waals surface area (Å²) in [7, 11) is 1.63. The van der Waals surface area contributed by atoms with Crippen molar-refractivity contribution in [3.05, 3.63) is 12.2 Å². The fourth-order valence-electron chi connectivity index (χ4n) is 3.99. The molecule has 1 unspecified atom stereocenters. The van der Waals surface area contributed by atoms with Gasteiger partial charge in [-0.2, -0.15) is 0 Å². The fourth-order valence-corrected chi connectivity index (χ4v) is 3.99. The minimum Gasteiger partial charge on any atom is -0.382 e. The highest BCUT2D eigenvalue weighted by Crippen LogP contribution is 2.55. The van der Waals surface area contributed by atoms with Crippen LogP contribution < -0.4 is 0 Å². The molecule has 1 aliphatic heterocycles. The quantitative estimate of drug-likeness (QED) is 0.672. The Hall–Kier alpha value is -1.47. The lowest BCUT2D eigenvalue weighted by Crippen LogP contribution is -2.39. The van der Waals surface area contributed by atoms with Gasteiger partial charge in [0.2, 0.25) is 5.91 Å². The summed E-state index contributed by atoms with van der Waals surface area (Å²) in [5.41, 5.74) is 0.195. The van der Waals surface area contributed by atoms with Gasteiger partial charge in [0.25, 0.3) is 0 Å². The van der Waals surface area contributed by atoms with Gasteiger partial charge in [-0.25, -0.2) is 0 Å². The molecule has 2 aliphatic rings. The van der Waals surface area contributed by atoms with Crippen LogP contribution in [0, 0.1) is 5.41 Å². The normalized spacial score (nSPS) is 22.1. The van der Waals surface area contributed by atoms with Crippen molar-refractivity contribution < 1.29 is 14.3 Å². The zero-order valence-electron chi connectivity index (χ0n) is 14.7. The molecule has 7 nitrogen and oxygen atoms in total. The largest absolute Gasteiger partial charge is 0.382 e. The van der Waals surface area contributed by atoms with E-state index in [2.05, 4.69) is 21.7 Å². The summed E-state index contributed by atoms with van der Waals surface area (Å²) in [4.78, 5) is 14.4. The highest BCUT2D eigenvalue weighted by atomic mass is 16.5. The summed E-state index contributed by atoms with van der Waals surface area (Å²) in [6, 6.07) is 0. The third-order valence-electron chi connectivity index (χ3n) is 5.43. The van der Waals surface area contributed by atoms with Crippen LogP contribution in [0.2, 0.25) is 0 Å². The Bertz CT molecular complexity index is 556. The minimum absolute atomic E-state index is 0.0708. The predicted molar refractivity (Wildman–Crippen MR) is 88.6 cm³/mol. The average Bonchev–Trinajstić information content (AvgIpc) is 3.15. The van der Waals surface area contributed by atoms with Crippen LogP contribution >= 0.6 is 0 Å². The number of carbonyl (C=O) groups is 1. The topological polar surface area (TPSA) is 69.5 Å². The molecule has 0 bridgehead atoms. The molecule has 2 heterocycles. The number of amides is 1. The van der Waals surface area contributed by atoms with Gasteiger partial charge in [0.1, 0.15) is 18.8 Å². The van der Waals surface area contributed by atoms with Gasteiger partial charge in [0.15, 0.2) is 0 Å². The van der Waals surface area contributed by atoms with Gasteiger partial charge in [0, 0.05) is 32.7 Å². The summed E-state index contributed by atoms with van der Waals surface area (Å²) in [6.07, 6.45) is 6.46. The van der Waals surface area contributed by atoms with Crippen LogP contribution in [0.4, 0.5) is 0 Å². The molecule has 134 valence electrons. The molecule has 1 aromatic rings. The van der Waals surface area contributed by atoms with Crippen molar-refractivity contribution in [1.29, 1.82) is 0 Å². The molecule has 1 aromatic heterocycles. The molecular weight excluding hydrogens is 308 g/mol. The molecule has 1 atom stereocenters. The van der Waals surface area contributed by atoms with Gasteiger partial charge >= 0.3 is 0 Å². The summed E-state index contributed by atoms with van der Waals surface area (Å²) < 4.78 is 12.5. The molecule has 0 radical (unpaired) electrons. The second-order valence-electron chi connectivity index (χ2n) is 6.97. The van der Waals surface area contributed by atoms with Crippen molar-refractivity contribution in [2.45, 2.75) is 45.1 Å². The van der Waals surface area contributed by atoms with Gasteiger partial charge < -0.3 is 18.9 Å². The van der Waals surface area contributed by atoms with Crippen LogP contribution in [-0.4, -0.2) is 65.6 Å². The predicted octanol–water partition coefficient (Wildman–Crippen LogP) is 1.45. The maximum Gasteiger partial charge on any atom is 0.248 e. The third kappa shape index (κ3) is 3.32. The lowest BCUT2D eigenvalue weighted by molar-refractivity contribution is -0.136. The van der Waals surface area contributed by atoms with Gasteiger partial charge in [0.05, 0.1) is 13.2 Å².